The Labute approximate surface area is 362 Å². The maximum absolute atomic E-state index is 2.39. The van der Waals surface area contributed by atoms with Crippen LogP contribution in [-0.2, 0) is 0 Å². The second kappa shape index (κ2) is 16.1. The number of aromatic nitrogens is 1. The monoisotopic (exact) mass is 790 g/mol. The van der Waals surface area contributed by atoms with Crippen molar-refractivity contribution in [2.75, 3.05) is 4.90 Å². The molecule has 11 rings (SSSR count). The van der Waals surface area contributed by atoms with Crippen LogP contribution in [0.25, 0.3) is 83.1 Å². The molecule has 62 heavy (non-hydrogen) atoms. The number of rotatable bonds is 9. The molecule has 0 amide bonds. The number of fused-ring (bicyclic) bond motifs is 3. The fourth-order valence-corrected chi connectivity index (χ4v) is 9.00. The van der Waals surface area contributed by atoms with Crippen molar-refractivity contribution in [1.29, 1.82) is 0 Å². The van der Waals surface area contributed by atoms with E-state index in [1.165, 1.54) is 71.9 Å². The van der Waals surface area contributed by atoms with Gasteiger partial charge in [-0.1, -0.05) is 182 Å². The van der Waals surface area contributed by atoms with E-state index in [2.05, 4.69) is 264 Å². The van der Waals surface area contributed by atoms with Gasteiger partial charge < -0.3 is 9.47 Å². The minimum atomic E-state index is 1.09. The van der Waals surface area contributed by atoms with Crippen LogP contribution >= 0.6 is 0 Å². The number of para-hydroxylation sites is 2. The van der Waals surface area contributed by atoms with Gasteiger partial charge >= 0.3 is 0 Å². The van der Waals surface area contributed by atoms with Gasteiger partial charge in [-0.05, 0) is 128 Å². The van der Waals surface area contributed by atoms with E-state index in [9.17, 15) is 0 Å². The first-order valence-corrected chi connectivity index (χ1v) is 21.3. The molecule has 0 saturated carbocycles. The number of anilines is 3. The van der Waals surface area contributed by atoms with E-state index in [0.717, 1.165) is 28.3 Å². The Hall–Kier alpha value is -8.20. The van der Waals surface area contributed by atoms with Crippen molar-refractivity contribution in [2.45, 2.75) is 0 Å². The Bertz CT molecular complexity index is 3190. The topological polar surface area (TPSA) is 8.17 Å². The summed E-state index contributed by atoms with van der Waals surface area (Å²) >= 11 is 0. The Morgan fingerprint density at radius 2 is 0.677 bits per heavy atom. The summed E-state index contributed by atoms with van der Waals surface area (Å²) in [6.07, 6.45) is 0. The quantitative estimate of drug-likeness (QED) is 0.141. The number of hydrogen-bond acceptors (Lipinski definition) is 1. The lowest BCUT2D eigenvalue weighted by molar-refractivity contribution is 1.18. The van der Waals surface area contributed by atoms with E-state index in [4.69, 9.17) is 0 Å². The Morgan fingerprint density at radius 3 is 1.24 bits per heavy atom. The highest BCUT2D eigenvalue weighted by Gasteiger charge is 2.19. The first-order chi connectivity index (χ1) is 30.7. The SMILES string of the molecule is c1ccc(-c2cccc(-c3ccc(N(c4ccc(-c5cccc(-c6ccccc6)c5)cc4)c4cccc(-c5cccc6c5c5ccccc5n6-c5ccccc5)c4)cc3)c2)cc1. The second-order valence-electron chi connectivity index (χ2n) is 15.8. The van der Waals surface area contributed by atoms with Gasteiger partial charge in [-0.25, -0.2) is 0 Å². The van der Waals surface area contributed by atoms with E-state index < -0.39 is 0 Å². The highest BCUT2D eigenvalue weighted by atomic mass is 15.1. The summed E-state index contributed by atoms with van der Waals surface area (Å²) in [6, 6.07) is 92.0. The Balaban J connectivity index is 1.02. The summed E-state index contributed by atoms with van der Waals surface area (Å²) in [4.78, 5) is 2.38. The fraction of sp³-hybridized carbons (Fsp3) is 0. The van der Waals surface area contributed by atoms with Gasteiger partial charge in [0.2, 0.25) is 0 Å². The van der Waals surface area contributed by atoms with Gasteiger partial charge in [0.05, 0.1) is 11.0 Å². The van der Waals surface area contributed by atoms with Crippen LogP contribution in [0.2, 0.25) is 0 Å². The molecule has 0 radical (unpaired) electrons. The molecular formula is C60H42N2. The predicted octanol–water partition coefficient (Wildman–Crippen LogP) is 16.6. The zero-order chi connectivity index (χ0) is 41.2. The Kier molecular flexibility index (Phi) is 9.57. The summed E-state index contributed by atoms with van der Waals surface area (Å²) in [5.41, 5.74) is 18.8. The third-order valence-corrected chi connectivity index (χ3v) is 12.0. The fourth-order valence-electron chi connectivity index (χ4n) is 9.00. The molecule has 1 aromatic heterocycles. The molecule has 2 nitrogen and oxygen atoms in total. The molecule has 0 N–H and O–H groups in total. The molecule has 1 heterocycles. The van der Waals surface area contributed by atoms with Crippen molar-refractivity contribution in [3.8, 4) is 61.3 Å². The van der Waals surface area contributed by atoms with Gasteiger partial charge in [0.25, 0.3) is 0 Å². The lowest BCUT2D eigenvalue weighted by atomic mass is 9.97. The van der Waals surface area contributed by atoms with E-state index in [0.29, 0.717) is 0 Å². The number of benzene rings is 10. The van der Waals surface area contributed by atoms with Crippen molar-refractivity contribution in [3.63, 3.8) is 0 Å². The van der Waals surface area contributed by atoms with Crippen molar-refractivity contribution in [3.05, 3.63) is 255 Å². The molecule has 11 aromatic rings. The largest absolute Gasteiger partial charge is 0.310 e. The molecule has 0 aliphatic carbocycles. The molecule has 292 valence electrons. The summed E-state index contributed by atoms with van der Waals surface area (Å²) in [5, 5.41) is 2.49. The maximum Gasteiger partial charge on any atom is 0.0547 e. The van der Waals surface area contributed by atoms with Gasteiger partial charge in [-0.2, -0.15) is 0 Å². The first-order valence-electron chi connectivity index (χ1n) is 21.3. The van der Waals surface area contributed by atoms with Crippen LogP contribution < -0.4 is 4.90 Å². The lowest BCUT2D eigenvalue weighted by Gasteiger charge is -2.26. The molecule has 0 fully saturated rings. The standard InChI is InChI=1S/C60H42N2/c1-4-16-43(17-5-1)47-20-12-22-49(40-47)45-32-36-53(37-33-45)61(54-38-34-46(35-39-54)50-23-13-21-48(41-50)44-18-6-2-7-19-44)55-27-14-24-51(42-55)56-29-15-31-59-60(56)57-28-10-11-30-58(57)62(59)52-25-8-3-9-26-52/h1-42H. The zero-order valence-electron chi connectivity index (χ0n) is 34.1. The van der Waals surface area contributed by atoms with Crippen LogP contribution in [0.5, 0.6) is 0 Å². The second-order valence-corrected chi connectivity index (χ2v) is 15.8. The van der Waals surface area contributed by atoms with Crippen LogP contribution in [-0.4, -0.2) is 4.57 Å². The van der Waals surface area contributed by atoms with Gasteiger partial charge in [0.1, 0.15) is 0 Å². The van der Waals surface area contributed by atoms with Gasteiger partial charge in [-0.15, -0.1) is 0 Å². The van der Waals surface area contributed by atoms with Crippen LogP contribution in [0, 0.1) is 0 Å². The molecule has 0 spiro atoms. The molecule has 0 saturated heterocycles. The highest BCUT2D eigenvalue weighted by molar-refractivity contribution is 6.16. The van der Waals surface area contributed by atoms with Gasteiger partial charge in [0.15, 0.2) is 0 Å². The molecule has 0 atom stereocenters. The van der Waals surface area contributed by atoms with Crippen molar-refractivity contribution in [1.82, 2.24) is 4.57 Å². The van der Waals surface area contributed by atoms with E-state index in [1.807, 2.05) is 0 Å². The van der Waals surface area contributed by atoms with Crippen molar-refractivity contribution >= 4 is 38.9 Å². The van der Waals surface area contributed by atoms with Crippen molar-refractivity contribution < 1.29 is 0 Å². The van der Waals surface area contributed by atoms with E-state index >= 15 is 0 Å². The molecule has 0 aliphatic heterocycles. The Morgan fingerprint density at radius 1 is 0.258 bits per heavy atom. The maximum atomic E-state index is 2.39. The molecule has 0 unspecified atom stereocenters. The van der Waals surface area contributed by atoms with E-state index in [-0.39, 0.29) is 0 Å². The zero-order valence-corrected chi connectivity index (χ0v) is 34.1. The number of hydrogen-bond donors (Lipinski definition) is 0. The minimum Gasteiger partial charge on any atom is -0.310 e. The molecule has 2 heteroatoms. The van der Waals surface area contributed by atoms with Crippen LogP contribution in [0.1, 0.15) is 0 Å². The van der Waals surface area contributed by atoms with Gasteiger partial charge in [0, 0.05) is 33.5 Å². The van der Waals surface area contributed by atoms with E-state index in [1.54, 1.807) is 0 Å². The predicted molar refractivity (Wildman–Crippen MR) is 263 cm³/mol. The lowest BCUT2D eigenvalue weighted by Crippen LogP contribution is -2.10. The smallest absolute Gasteiger partial charge is 0.0547 e. The molecule has 0 bridgehead atoms. The molecular weight excluding hydrogens is 749 g/mol. The van der Waals surface area contributed by atoms with Crippen LogP contribution in [0.4, 0.5) is 17.1 Å². The van der Waals surface area contributed by atoms with Crippen LogP contribution in [0.15, 0.2) is 255 Å². The average molecular weight is 791 g/mol. The summed E-state index contributed by atoms with van der Waals surface area (Å²) < 4.78 is 2.39. The average Bonchev–Trinajstić information content (AvgIpc) is 3.70. The third-order valence-electron chi connectivity index (χ3n) is 12.0. The normalized spacial score (nSPS) is 11.2. The molecule has 10 aromatic carbocycles. The summed E-state index contributed by atoms with van der Waals surface area (Å²) in [7, 11) is 0. The van der Waals surface area contributed by atoms with Crippen LogP contribution in [0.3, 0.4) is 0 Å². The first kappa shape index (κ1) is 36.8. The van der Waals surface area contributed by atoms with Crippen molar-refractivity contribution in [2.24, 2.45) is 0 Å². The summed E-state index contributed by atoms with van der Waals surface area (Å²) in [6.45, 7) is 0. The third kappa shape index (κ3) is 6.94. The van der Waals surface area contributed by atoms with Gasteiger partial charge in [-0.3, -0.25) is 0 Å². The number of nitrogens with zero attached hydrogens (tertiary/aromatic N) is 2. The highest BCUT2D eigenvalue weighted by Crippen LogP contribution is 2.42. The summed E-state index contributed by atoms with van der Waals surface area (Å²) in [5.74, 6) is 0. The molecule has 0 aliphatic rings. The minimum absolute atomic E-state index is 1.09.